The summed E-state index contributed by atoms with van der Waals surface area (Å²) in [7, 11) is 0. The summed E-state index contributed by atoms with van der Waals surface area (Å²) in [4.78, 5) is 11.8. The first-order valence-corrected chi connectivity index (χ1v) is 7.18. The number of nitriles is 1. The third kappa shape index (κ3) is 4.20. The lowest BCUT2D eigenvalue weighted by molar-refractivity contribution is -0.123. The molecule has 0 saturated heterocycles. The van der Waals surface area contributed by atoms with Crippen molar-refractivity contribution in [3.05, 3.63) is 29.8 Å². The van der Waals surface area contributed by atoms with Crippen LogP contribution in [0.4, 0.5) is 0 Å². The lowest BCUT2D eigenvalue weighted by atomic mass is 9.87. The van der Waals surface area contributed by atoms with Gasteiger partial charge in [0.05, 0.1) is 18.2 Å². The van der Waals surface area contributed by atoms with E-state index < -0.39 is 0 Å². The molecular weight excluding hydrogens is 268 g/mol. The molecule has 21 heavy (non-hydrogen) atoms. The minimum Gasteiger partial charge on any atom is -0.484 e. The topological polar surface area (TPSA) is 82.3 Å². The number of benzene rings is 1. The first-order valence-electron chi connectivity index (χ1n) is 7.18. The van der Waals surface area contributed by atoms with Gasteiger partial charge in [-0.1, -0.05) is 12.8 Å². The fraction of sp³-hybridized carbons (Fsp3) is 0.500. The molecule has 0 unspecified atom stereocenters. The molecule has 0 spiro atoms. The van der Waals surface area contributed by atoms with Crippen LogP contribution in [0.5, 0.6) is 5.75 Å². The molecule has 1 saturated carbocycles. The molecule has 0 aromatic heterocycles. The van der Waals surface area contributed by atoms with Gasteiger partial charge in [-0.15, -0.1) is 0 Å². The summed E-state index contributed by atoms with van der Waals surface area (Å²) >= 11 is 0. The second kappa shape index (κ2) is 7.09. The Morgan fingerprint density at radius 2 is 2.00 bits per heavy atom. The zero-order valence-corrected chi connectivity index (χ0v) is 12.0. The molecule has 0 aliphatic heterocycles. The van der Waals surface area contributed by atoms with Crippen molar-refractivity contribution in [1.82, 2.24) is 5.32 Å². The Bertz CT molecular complexity index is 513. The second-order valence-corrected chi connectivity index (χ2v) is 5.57. The molecule has 112 valence electrons. The summed E-state index contributed by atoms with van der Waals surface area (Å²) in [6.07, 6.45) is 4.14. The van der Waals surface area contributed by atoms with Gasteiger partial charge in [0.25, 0.3) is 5.91 Å². The predicted molar refractivity (Wildman–Crippen MR) is 77.6 cm³/mol. The van der Waals surface area contributed by atoms with E-state index in [1.54, 1.807) is 24.3 Å². The number of ether oxygens (including phenoxy) is 1. The highest BCUT2D eigenvalue weighted by Crippen LogP contribution is 2.36. The number of hydrogen-bond donors (Lipinski definition) is 2. The lowest BCUT2D eigenvalue weighted by Crippen LogP contribution is -2.40. The van der Waals surface area contributed by atoms with E-state index in [2.05, 4.69) is 5.32 Å². The first-order chi connectivity index (χ1) is 10.2. The Morgan fingerprint density at radius 3 is 2.57 bits per heavy atom. The third-order valence-corrected chi connectivity index (χ3v) is 4.01. The van der Waals surface area contributed by atoms with Gasteiger partial charge in [-0.25, -0.2) is 0 Å². The molecule has 5 heteroatoms. The third-order valence-electron chi connectivity index (χ3n) is 4.01. The molecule has 1 aliphatic rings. The Hall–Kier alpha value is -2.06. The summed E-state index contributed by atoms with van der Waals surface area (Å²) in [6.45, 7) is 0.552. The monoisotopic (exact) mass is 288 g/mol. The van der Waals surface area contributed by atoms with Crippen LogP contribution in [-0.2, 0) is 4.79 Å². The van der Waals surface area contributed by atoms with Crippen LogP contribution < -0.4 is 10.1 Å². The standard InChI is InChI=1S/C16H20N2O3/c17-9-13-3-5-14(6-4-13)21-10-15(20)18-11-16(12-19)7-1-2-8-16/h3-6,19H,1-2,7-8,10-12H2,(H,18,20). The highest BCUT2D eigenvalue weighted by Gasteiger charge is 2.33. The average Bonchev–Trinajstić information content (AvgIpc) is 3.01. The van der Waals surface area contributed by atoms with Crippen molar-refractivity contribution in [1.29, 1.82) is 5.26 Å². The summed E-state index contributed by atoms with van der Waals surface area (Å²) < 4.78 is 5.37. The minimum absolute atomic E-state index is 0.0621. The second-order valence-electron chi connectivity index (χ2n) is 5.57. The molecule has 2 rings (SSSR count). The van der Waals surface area contributed by atoms with Gasteiger partial charge >= 0.3 is 0 Å². The van der Waals surface area contributed by atoms with E-state index in [1.165, 1.54) is 0 Å². The number of nitrogens with one attached hydrogen (secondary N) is 1. The smallest absolute Gasteiger partial charge is 0.257 e. The van der Waals surface area contributed by atoms with E-state index in [1.807, 2.05) is 6.07 Å². The SMILES string of the molecule is N#Cc1ccc(OCC(=O)NCC2(CO)CCCC2)cc1. The zero-order valence-electron chi connectivity index (χ0n) is 12.0. The van der Waals surface area contributed by atoms with Gasteiger partial charge in [-0.3, -0.25) is 4.79 Å². The molecule has 0 atom stereocenters. The number of rotatable bonds is 6. The number of hydrogen-bond acceptors (Lipinski definition) is 4. The Morgan fingerprint density at radius 1 is 1.33 bits per heavy atom. The van der Waals surface area contributed by atoms with Crippen molar-refractivity contribution in [2.75, 3.05) is 19.8 Å². The van der Waals surface area contributed by atoms with Gasteiger partial charge in [0.15, 0.2) is 6.61 Å². The Kier molecular flexibility index (Phi) is 5.18. The van der Waals surface area contributed by atoms with E-state index in [0.29, 0.717) is 17.9 Å². The molecule has 0 bridgehead atoms. The van der Waals surface area contributed by atoms with Crippen molar-refractivity contribution < 1.29 is 14.6 Å². The maximum absolute atomic E-state index is 11.8. The predicted octanol–water partition coefficient (Wildman–Crippen LogP) is 1.61. The number of aliphatic hydroxyl groups excluding tert-OH is 1. The van der Waals surface area contributed by atoms with Crippen LogP contribution in [0, 0.1) is 16.7 Å². The summed E-state index contributed by atoms with van der Waals surface area (Å²) in [5.41, 5.74) is 0.405. The van der Waals surface area contributed by atoms with E-state index in [-0.39, 0.29) is 24.5 Å². The lowest BCUT2D eigenvalue weighted by Gasteiger charge is -2.26. The fourth-order valence-corrected chi connectivity index (χ4v) is 2.63. The van der Waals surface area contributed by atoms with Crippen molar-refractivity contribution in [2.24, 2.45) is 5.41 Å². The Balaban J connectivity index is 1.75. The van der Waals surface area contributed by atoms with E-state index >= 15 is 0 Å². The molecule has 1 fully saturated rings. The van der Waals surface area contributed by atoms with Crippen LogP contribution >= 0.6 is 0 Å². The van der Waals surface area contributed by atoms with Crippen molar-refractivity contribution in [2.45, 2.75) is 25.7 Å². The molecular formula is C16H20N2O3. The quantitative estimate of drug-likeness (QED) is 0.833. The summed E-state index contributed by atoms with van der Waals surface area (Å²) in [5, 5.41) is 21.0. The summed E-state index contributed by atoms with van der Waals surface area (Å²) in [6, 6.07) is 8.64. The number of carbonyl (C=O) groups is 1. The van der Waals surface area contributed by atoms with Crippen molar-refractivity contribution in [3.63, 3.8) is 0 Å². The van der Waals surface area contributed by atoms with Crippen LogP contribution in [0.3, 0.4) is 0 Å². The molecule has 1 amide bonds. The van der Waals surface area contributed by atoms with Gasteiger partial charge in [-0.2, -0.15) is 5.26 Å². The zero-order chi connectivity index (χ0) is 15.1. The maximum atomic E-state index is 11.8. The molecule has 1 aromatic rings. The van der Waals surface area contributed by atoms with Crippen LogP contribution in [0.15, 0.2) is 24.3 Å². The van der Waals surface area contributed by atoms with Gasteiger partial charge in [-0.05, 0) is 37.1 Å². The van der Waals surface area contributed by atoms with Crippen LogP contribution in [-0.4, -0.2) is 30.8 Å². The first kappa shape index (κ1) is 15.3. The minimum atomic E-state index is -0.195. The molecule has 0 heterocycles. The van der Waals surface area contributed by atoms with Crippen LogP contribution in [0.2, 0.25) is 0 Å². The van der Waals surface area contributed by atoms with Gasteiger partial charge < -0.3 is 15.2 Å². The van der Waals surface area contributed by atoms with Crippen molar-refractivity contribution in [3.8, 4) is 11.8 Å². The fourth-order valence-electron chi connectivity index (χ4n) is 2.63. The summed E-state index contributed by atoms with van der Waals surface area (Å²) in [5.74, 6) is 0.362. The number of amides is 1. The average molecular weight is 288 g/mol. The molecule has 5 nitrogen and oxygen atoms in total. The van der Waals surface area contributed by atoms with E-state index in [0.717, 1.165) is 25.7 Å². The molecule has 1 aliphatic carbocycles. The van der Waals surface area contributed by atoms with Crippen LogP contribution in [0.1, 0.15) is 31.2 Å². The van der Waals surface area contributed by atoms with E-state index in [4.69, 9.17) is 10.00 Å². The van der Waals surface area contributed by atoms with Crippen molar-refractivity contribution >= 4 is 5.91 Å². The Labute approximate surface area is 124 Å². The normalized spacial score (nSPS) is 16.2. The molecule has 0 radical (unpaired) electrons. The number of nitrogens with zero attached hydrogens (tertiary/aromatic N) is 1. The van der Waals surface area contributed by atoms with Gasteiger partial charge in [0.2, 0.25) is 0 Å². The molecule has 2 N–H and O–H groups in total. The maximum Gasteiger partial charge on any atom is 0.257 e. The van der Waals surface area contributed by atoms with Crippen LogP contribution in [0.25, 0.3) is 0 Å². The highest BCUT2D eigenvalue weighted by molar-refractivity contribution is 5.77. The largest absolute Gasteiger partial charge is 0.484 e. The van der Waals surface area contributed by atoms with Gasteiger partial charge in [0, 0.05) is 12.0 Å². The highest BCUT2D eigenvalue weighted by atomic mass is 16.5. The molecule has 1 aromatic carbocycles. The van der Waals surface area contributed by atoms with Gasteiger partial charge in [0.1, 0.15) is 5.75 Å². The van der Waals surface area contributed by atoms with E-state index in [9.17, 15) is 9.90 Å². The number of aliphatic hydroxyl groups is 1. The number of carbonyl (C=O) groups excluding carboxylic acids is 1.